The summed E-state index contributed by atoms with van der Waals surface area (Å²) in [6.07, 6.45) is 1.13. The summed E-state index contributed by atoms with van der Waals surface area (Å²) in [6, 6.07) is 7.12. The summed E-state index contributed by atoms with van der Waals surface area (Å²) in [6.45, 7) is 2.45. The molecule has 3 rings (SSSR count). The Morgan fingerprint density at radius 2 is 2.19 bits per heavy atom. The molecule has 21 heavy (non-hydrogen) atoms. The number of nitrogens with zero attached hydrogens (tertiary/aromatic N) is 1. The summed E-state index contributed by atoms with van der Waals surface area (Å²) >= 11 is 0. The summed E-state index contributed by atoms with van der Waals surface area (Å²) in [7, 11) is 0. The molecule has 0 spiro atoms. The molecule has 0 aliphatic heterocycles. The highest BCUT2D eigenvalue weighted by atomic mass is 19.1. The van der Waals surface area contributed by atoms with Crippen LogP contribution < -0.4 is 5.32 Å². The van der Waals surface area contributed by atoms with E-state index in [0.29, 0.717) is 17.6 Å². The van der Waals surface area contributed by atoms with Crippen LogP contribution in [0.3, 0.4) is 0 Å². The smallest absolute Gasteiger partial charge is 0.292 e. The molecule has 0 bridgehead atoms. The van der Waals surface area contributed by atoms with Gasteiger partial charge in [-0.05, 0) is 30.5 Å². The van der Waals surface area contributed by atoms with Crippen molar-refractivity contribution in [2.75, 3.05) is 5.32 Å². The van der Waals surface area contributed by atoms with E-state index in [2.05, 4.69) is 12.2 Å². The Morgan fingerprint density at radius 1 is 1.43 bits per heavy atom. The number of nitro benzene ring substituents is 1. The molecule has 1 saturated carbocycles. The molecule has 110 valence electrons. The largest absolute Gasteiger partial charge is 0.464 e. The van der Waals surface area contributed by atoms with E-state index in [-0.39, 0.29) is 17.9 Å². The monoisotopic (exact) mass is 290 g/mol. The average molecular weight is 290 g/mol. The molecule has 6 heteroatoms. The lowest BCUT2D eigenvalue weighted by Gasteiger charge is -2.05. The van der Waals surface area contributed by atoms with Crippen LogP contribution in [0.1, 0.15) is 30.8 Å². The average Bonchev–Trinajstić information content (AvgIpc) is 2.99. The van der Waals surface area contributed by atoms with E-state index < -0.39 is 10.7 Å². The van der Waals surface area contributed by atoms with Crippen LogP contribution in [0.25, 0.3) is 0 Å². The first-order valence-electron chi connectivity index (χ1n) is 6.81. The zero-order valence-corrected chi connectivity index (χ0v) is 11.5. The number of rotatable bonds is 5. The van der Waals surface area contributed by atoms with Crippen LogP contribution in [-0.2, 0) is 6.54 Å². The molecule has 2 unspecified atom stereocenters. The van der Waals surface area contributed by atoms with E-state index in [1.807, 2.05) is 12.1 Å². The molecule has 1 aliphatic rings. The van der Waals surface area contributed by atoms with E-state index in [1.54, 1.807) is 0 Å². The number of hydrogen-bond acceptors (Lipinski definition) is 4. The number of furan rings is 1. The highest BCUT2D eigenvalue weighted by molar-refractivity contribution is 5.61. The Morgan fingerprint density at radius 3 is 2.86 bits per heavy atom. The van der Waals surface area contributed by atoms with Gasteiger partial charge in [-0.3, -0.25) is 10.1 Å². The Kier molecular flexibility index (Phi) is 3.37. The van der Waals surface area contributed by atoms with Crippen LogP contribution in [0.15, 0.2) is 34.7 Å². The van der Waals surface area contributed by atoms with E-state index in [1.165, 1.54) is 0 Å². The molecule has 1 aromatic heterocycles. The fourth-order valence-corrected chi connectivity index (χ4v) is 2.40. The molecule has 1 aliphatic carbocycles. The van der Waals surface area contributed by atoms with Crippen LogP contribution in [0.2, 0.25) is 0 Å². The van der Waals surface area contributed by atoms with Crippen molar-refractivity contribution < 1.29 is 13.7 Å². The van der Waals surface area contributed by atoms with Gasteiger partial charge < -0.3 is 9.73 Å². The van der Waals surface area contributed by atoms with Crippen LogP contribution in [0, 0.1) is 21.8 Å². The second kappa shape index (κ2) is 5.20. The normalized spacial score (nSPS) is 20.3. The molecule has 5 nitrogen and oxygen atoms in total. The van der Waals surface area contributed by atoms with E-state index in [4.69, 9.17) is 4.42 Å². The number of benzene rings is 1. The second-order valence-corrected chi connectivity index (χ2v) is 5.40. The van der Waals surface area contributed by atoms with Crippen molar-refractivity contribution in [3.63, 3.8) is 0 Å². The molecule has 0 radical (unpaired) electrons. The molecule has 2 aromatic rings. The highest BCUT2D eigenvalue weighted by Crippen LogP contribution is 2.47. The SMILES string of the molecule is CC1CC1c1ccc(CNc2cc(F)ccc2[N+](=O)[O-])o1. The highest BCUT2D eigenvalue weighted by Gasteiger charge is 2.36. The topological polar surface area (TPSA) is 68.3 Å². The van der Waals surface area contributed by atoms with Crippen molar-refractivity contribution in [3.05, 3.63) is 57.8 Å². The molecule has 1 heterocycles. The molecule has 1 fully saturated rings. The van der Waals surface area contributed by atoms with Gasteiger partial charge in [-0.25, -0.2) is 4.39 Å². The minimum atomic E-state index is -0.540. The first-order valence-corrected chi connectivity index (χ1v) is 6.81. The third-order valence-corrected chi connectivity index (χ3v) is 3.77. The van der Waals surface area contributed by atoms with Crippen molar-refractivity contribution >= 4 is 11.4 Å². The standard InChI is InChI=1S/C15H15FN2O3/c1-9-6-12(9)15-5-3-11(21-15)8-17-13-7-10(16)2-4-14(13)18(19)20/h2-5,7,9,12,17H,6,8H2,1H3. The van der Waals surface area contributed by atoms with Crippen molar-refractivity contribution in [1.29, 1.82) is 0 Å². The van der Waals surface area contributed by atoms with Crippen molar-refractivity contribution in [1.82, 2.24) is 0 Å². The van der Waals surface area contributed by atoms with Gasteiger partial charge in [0, 0.05) is 18.1 Å². The van der Waals surface area contributed by atoms with Crippen LogP contribution >= 0.6 is 0 Å². The molecule has 2 atom stereocenters. The predicted molar refractivity (Wildman–Crippen MR) is 75.6 cm³/mol. The summed E-state index contributed by atoms with van der Waals surface area (Å²) in [5, 5.41) is 13.8. The van der Waals surface area contributed by atoms with Crippen molar-refractivity contribution in [3.8, 4) is 0 Å². The predicted octanol–water partition coefficient (Wildman–Crippen LogP) is 4.06. The summed E-state index contributed by atoms with van der Waals surface area (Å²) in [5.41, 5.74) is -0.00302. The molecule has 1 aromatic carbocycles. The number of hydrogen-bond donors (Lipinski definition) is 1. The number of nitrogens with one attached hydrogen (secondary N) is 1. The second-order valence-electron chi connectivity index (χ2n) is 5.40. The Balaban J connectivity index is 1.71. The molecule has 1 N–H and O–H groups in total. The minimum Gasteiger partial charge on any atom is -0.464 e. The molecular formula is C15H15FN2O3. The lowest BCUT2D eigenvalue weighted by Crippen LogP contribution is -2.02. The van der Waals surface area contributed by atoms with Gasteiger partial charge >= 0.3 is 0 Å². The lowest BCUT2D eigenvalue weighted by atomic mass is 10.2. The zero-order valence-electron chi connectivity index (χ0n) is 11.5. The Hall–Kier alpha value is -2.37. The maximum absolute atomic E-state index is 13.2. The third-order valence-electron chi connectivity index (χ3n) is 3.77. The van der Waals surface area contributed by atoms with Gasteiger partial charge in [0.05, 0.1) is 11.5 Å². The van der Waals surface area contributed by atoms with E-state index in [0.717, 1.165) is 30.4 Å². The van der Waals surface area contributed by atoms with Crippen LogP contribution in [0.4, 0.5) is 15.8 Å². The minimum absolute atomic E-state index is 0.151. The lowest BCUT2D eigenvalue weighted by molar-refractivity contribution is -0.384. The van der Waals surface area contributed by atoms with Crippen LogP contribution in [0.5, 0.6) is 0 Å². The molecule has 0 saturated heterocycles. The summed E-state index contributed by atoms with van der Waals surface area (Å²) < 4.78 is 18.9. The van der Waals surface area contributed by atoms with Crippen molar-refractivity contribution in [2.24, 2.45) is 5.92 Å². The first kappa shape index (κ1) is 13.6. The number of halogens is 1. The number of nitro groups is 1. The van der Waals surface area contributed by atoms with Crippen LogP contribution in [-0.4, -0.2) is 4.92 Å². The van der Waals surface area contributed by atoms with Gasteiger partial charge in [0.25, 0.3) is 5.69 Å². The van der Waals surface area contributed by atoms with Gasteiger partial charge in [-0.15, -0.1) is 0 Å². The van der Waals surface area contributed by atoms with E-state index >= 15 is 0 Å². The Labute approximate surface area is 120 Å². The van der Waals surface area contributed by atoms with Crippen molar-refractivity contribution in [2.45, 2.75) is 25.8 Å². The number of anilines is 1. The quantitative estimate of drug-likeness (QED) is 0.666. The maximum atomic E-state index is 13.2. The fourth-order valence-electron chi connectivity index (χ4n) is 2.40. The zero-order chi connectivity index (χ0) is 15.0. The van der Waals surface area contributed by atoms with Gasteiger partial charge in [-0.1, -0.05) is 6.92 Å². The van der Waals surface area contributed by atoms with Gasteiger partial charge in [0.1, 0.15) is 23.0 Å². The summed E-state index contributed by atoms with van der Waals surface area (Å²) in [4.78, 5) is 10.4. The van der Waals surface area contributed by atoms with Gasteiger partial charge in [0.2, 0.25) is 0 Å². The Bertz CT molecular complexity index is 683. The van der Waals surface area contributed by atoms with Gasteiger partial charge in [0.15, 0.2) is 0 Å². The van der Waals surface area contributed by atoms with E-state index in [9.17, 15) is 14.5 Å². The first-order chi connectivity index (χ1) is 10.0. The molecular weight excluding hydrogens is 275 g/mol. The fraction of sp³-hybridized carbons (Fsp3) is 0.333. The third kappa shape index (κ3) is 2.89. The maximum Gasteiger partial charge on any atom is 0.292 e. The molecule has 0 amide bonds. The summed E-state index contributed by atoms with van der Waals surface area (Å²) in [5.74, 6) is 2.26. The van der Waals surface area contributed by atoms with Gasteiger partial charge in [-0.2, -0.15) is 0 Å².